The molecule has 0 saturated heterocycles. The van der Waals surface area contributed by atoms with Crippen LogP contribution in [0.1, 0.15) is 73.0 Å². The third-order valence-corrected chi connectivity index (χ3v) is 5.77. The lowest BCUT2D eigenvalue weighted by Gasteiger charge is -2.14. The number of hydrogen-bond donors (Lipinski definition) is 1. The molecule has 3 atom stereocenters. The molecule has 94 valence electrons. The van der Waals surface area contributed by atoms with Gasteiger partial charge in [0.15, 0.2) is 0 Å². The van der Waals surface area contributed by atoms with E-state index in [0.717, 1.165) is 25.2 Å². The highest BCUT2D eigenvalue weighted by atomic mass is 32.1. The van der Waals surface area contributed by atoms with E-state index in [4.69, 9.17) is 4.98 Å². The number of aryl methyl sites for hydroxylation is 1. The van der Waals surface area contributed by atoms with E-state index in [2.05, 4.69) is 6.92 Å². The van der Waals surface area contributed by atoms with E-state index in [1.54, 1.807) is 11.3 Å². The minimum Gasteiger partial charge on any atom is -0.388 e. The van der Waals surface area contributed by atoms with Gasteiger partial charge in [0.05, 0.1) is 21.7 Å². The molecule has 3 unspecified atom stereocenters. The smallest absolute Gasteiger partial charge is 0.0963 e. The molecule has 1 N–H and O–H groups in total. The van der Waals surface area contributed by atoms with Gasteiger partial charge in [-0.25, -0.2) is 4.98 Å². The van der Waals surface area contributed by atoms with Crippen LogP contribution in [0.5, 0.6) is 0 Å². The first-order chi connectivity index (χ1) is 8.28. The van der Waals surface area contributed by atoms with Crippen molar-refractivity contribution in [3.63, 3.8) is 0 Å². The maximum Gasteiger partial charge on any atom is 0.0963 e. The van der Waals surface area contributed by atoms with Gasteiger partial charge in [-0.2, -0.15) is 0 Å². The van der Waals surface area contributed by atoms with Crippen molar-refractivity contribution in [2.75, 3.05) is 0 Å². The van der Waals surface area contributed by atoms with Gasteiger partial charge in [0.2, 0.25) is 0 Å². The number of aliphatic hydroxyl groups excluding tert-OH is 1. The van der Waals surface area contributed by atoms with Crippen molar-refractivity contribution in [3.8, 4) is 0 Å². The summed E-state index contributed by atoms with van der Waals surface area (Å²) in [5.41, 5.74) is 1.20. The minimum atomic E-state index is -0.228. The summed E-state index contributed by atoms with van der Waals surface area (Å²) in [6, 6.07) is 0. The second-order valence-corrected chi connectivity index (χ2v) is 6.62. The molecule has 1 fully saturated rings. The topological polar surface area (TPSA) is 33.1 Å². The summed E-state index contributed by atoms with van der Waals surface area (Å²) in [4.78, 5) is 5.98. The molecule has 1 saturated carbocycles. The molecular weight excluding hydrogens is 230 g/mol. The van der Waals surface area contributed by atoms with Crippen molar-refractivity contribution in [3.05, 3.63) is 15.6 Å². The molecule has 1 aromatic rings. The van der Waals surface area contributed by atoms with Crippen molar-refractivity contribution in [1.29, 1.82) is 0 Å². The van der Waals surface area contributed by atoms with E-state index in [1.165, 1.54) is 41.3 Å². The van der Waals surface area contributed by atoms with Crippen LogP contribution in [0, 0.1) is 5.92 Å². The highest BCUT2D eigenvalue weighted by Crippen LogP contribution is 2.44. The van der Waals surface area contributed by atoms with Crippen LogP contribution in [0.4, 0.5) is 0 Å². The van der Waals surface area contributed by atoms with Crippen molar-refractivity contribution >= 4 is 11.3 Å². The Morgan fingerprint density at radius 1 is 1.35 bits per heavy atom. The van der Waals surface area contributed by atoms with Gasteiger partial charge in [-0.05, 0) is 44.4 Å². The first-order valence-corrected chi connectivity index (χ1v) is 7.77. The predicted octanol–water partition coefficient (Wildman–Crippen LogP) is 3.81. The Hall–Kier alpha value is -0.410. The van der Waals surface area contributed by atoms with Crippen molar-refractivity contribution in [2.45, 2.75) is 63.9 Å². The molecule has 3 rings (SSSR count). The number of hydrogen-bond acceptors (Lipinski definition) is 3. The molecule has 2 nitrogen and oxygen atoms in total. The first-order valence-electron chi connectivity index (χ1n) is 6.95. The van der Waals surface area contributed by atoms with Gasteiger partial charge in [0, 0.05) is 5.92 Å². The molecule has 0 aliphatic heterocycles. The van der Waals surface area contributed by atoms with Crippen LogP contribution in [0.3, 0.4) is 0 Å². The Kier molecular flexibility index (Phi) is 3.22. The lowest BCUT2D eigenvalue weighted by Crippen LogP contribution is -2.06. The first kappa shape index (κ1) is 11.7. The van der Waals surface area contributed by atoms with Crippen LogP contribution in [0.25, 0.3) is 0 Å². The number of nitrogens with zero attached hydrogens (tertiary/aromatic N) is 1. The molecule has 1 aromatic heterocycles. The second kappa shape index (κ2) is 4.69. The normalized spacial score (nSPS) is 32.7. The molecule has 2 aliphatic rings. The highest BCUT2D eigenvalue weighted by Gasteiger charge is 2.30. The fraction of sp³-hybridized carbons (Fsp3) is 0.786. The van der Waals surface area contributed by atoms with Crippen molar-refractivity contribution < 1.29 is 5.11 Å². The second-order valence-electron chi connectivity index (χ2n) is 5.56. The fourth-order valence-corrected chi connectivity index (χ4v) is 4.54. The summed E-state index contributed by atoms with van der Waals surface area (Å²) in [5, 5.41) is 11.3. The van der Waals surface area contributed by atoms with Gasteiger partial charge in [-0.15, -0.1) is 11.3 Å². The number of aliphatic hydroxyl groups is 1. The lowest BCUT2D eigenvalue weighted by molar-refractivity contribution is 0.160. The van der Waals surface area contributed by atoms with Crippen molar-refractivity contribution in [1.82, 2.24) is 4.98 Å². The Morgan fingerprint density at radius 3 is 2.94 bits per heavy atom. The molecule has 0 amide bonds. The molecule has 2 aliphatic carbocycles. The largest absolute Gasteiger partial charge is 0.388 e. The van der Waals surface area contributed by atoms with Crippen LogP contribution in [0.15, 0.2) is 0 Å². The Bertz CT molecular complexity index is 401. The average Bonchev–Trinajstić information content (AvgIpc) is 2.95. The van der Waals surface area contributed by atoms with E-state index in [0.29, 0.717) is 5.92 Å². The maximum atomic E-state index is 9.99. The molecule has 17 heavy (non-hydrogen) atoms. The summed E-state index contributed by atoms with van der Waals surface area (Å²) in [5.74, 6) is 1.59. The van der Waals surface area contributed by atoms with Crippen LogP contribution < -0.4 is 0 Å². The number of aromatic nitrogens is 1. The standard InChI is InChI=1S/C14H21NOS/c1-2-9-6-7-10(8-9)14-15-11-4-3-5-12(16)13(11)17-14/h9-10,12,16H,2-8H2,1H3. The molecule has 0 bridgehead atoms. The minimum absolute atomic E-state index is 0.228. The lowest BCUT2D eigenvalue weighted by atomic mass is 10.0. The zero-order chi connectivity index (χ0) is 11.8. The van der Waals surface area contributed by atoms with Gasteiger partial charge < -0.3 is 5.11 Å². The van der Waals surface area contributed by atoms with Crippen molar-refractivity contribution in [2.24, 2.45) is 5.92 Å². The Balaban J connectivity index is 1.80. The molecule has 0 spiro atoms. The summed E-state index contributed by atoms with van der Waals surface area (Å²) >= 11 is 1.79. The number of thiazole rings is 1. The zero-order valence-corrected chi connectivity index (χ0v) is 11.3. The summed E-state index contributed by atoms with van der Waals surface area (Å²) in [7, 11) is 0. The molecule has 1 heterocycles. The number of rotatable bonds is 2. The molecule has 0 radical (unpaired) electrons. The van der Waals surface area contributed by atoms with Crippen LogP contribution >= 0.6 is 11.3 Å². The highest BCUT2D eigenvalue weighted by molar-refractivity contribution is 7.11. The Morgan fingerprint density at radius 2 is 2.24 bits per heavy atom. The molecule has 0 aromatic carbocycles. The quantitative estimate of drug-likeness (QED) is 0.867. The van der Waals surface area contributed by atoms with Gasteiger partial charge in [-0.1, -0.05) is 13.3 Å². The predicted molar refractivity (Wildman–Crippen MR) is 70.4 cm³/mol. The fourth-order valence-electron chi connectivity index (χ4n) is 3.26. The molecule has 3 heteroatoms. The van der Waals surface area contributed by atoms with E-state index in [1.807, 2.05) is 0 Å². The van der Waals surface area contributed by atoms with E-state index in [-0.39, 0.29) is 6.10 Å². The van der Waals surface area contributed by atoms with Gasteiger partial charge in [0.25, 0.3) is 0 Å². The molecular formula is C14H21NOS. The third-order valence-electron chi connectivity index (χ3n) is 4.41. The van der Waals surface area contributed by atoms with Gasteiger partial charge in [-0.3, -0.25) is 0 Å². The maximum absolute atomic E-state index is 9.99. The monoisotopic (exact) mass is 251 g/mol. The summed E-state index contributed by atoms with van der Waals surface area (Å²) < 4.78 is 0. The Labute approximate surface area is 107 Å². The average molecular weight is 251 g/mol. The van der Waals surface area contributed by atoms with E-state index in [9.17, 15) is 5.11 Å². The van der Waals surface area contributed by atoms with E-state index >= 15 is 0 Å². The van der Waals surface area contributed by atoms with Gasteiger partial charge in [0.1, 0.15) is 0 Å². The van der Waals surface area contributed by atoms with E-state index < -0.39 is 0 Å². The van der Waals surface area contributed by atoms with Crippen LogP contribution in [0.2, 0.25) is 0 Å². The number of fused-ring (bicyclic) bond motifs is 1. The zero-order valence-electron chi connectivity index (χ0n) is 10.5. The van der Waals surface area contributed by atoms with Crippen LogP contribution in [-0.2, 0) is 6.42 Å². The summed E-state index contributed by atoms with van der Waals surface area (Å²) in [6.07, 6.45) is 8.18. The summed E-state index contributed by atoms with van der Waals surface area (Å²) in [6.45, 7) is 2.30. The van der Waals surface area contributed by atoms with Gasteiger partial charge >= 0.3 is 0 Å². The van der Waals surface area contributed by atoms with Crippen LogP contribution in [-0.4, -0.2) is 10.1 Å². The SMILES string of the molecule is CCC1CCC(c2nc3c(s2)C(O)CCC3)C1. The third kappa shape index (κ3) is 2.15.